The zero-order valence-electron chi connectivity index (χ0n) is 13.0. The van der Waals surface area contributed by atoms with Crippen LogP contribution in [0.5, 0.6) is 0 Å². The molecule has 3 heteroatoms. The maximum atomic E-state index is 3.67. The third-order valence-electron chi connectivity index (χ3n) is 3.39. The quantitative estimate of drug-likeness (QED) is 0.581. The molecule has 1 atom stereocenters. The van der Waals surface area contributed by atoms with Gasteiger partial charge < -0.3 is 5.32 Å². The summed E-state index contributed by atoms with van der Waals surface area (Å²) in [5.41, 5.74) is 1.44. The third-order valence-corrected chi connectivity index (χ3v) is 5.15. The monoisotopic (exact) mass is 357 g/mol. The lowest BCUT2D eigenvalue weighted by Gasteiger charge is -2.20. The predicted octanol–water partition coefficient (Wildman–Crippen LogP) is 5.14. The summed E-state index contributed by atoms with van der Waals surface area (Å²) in [6, 6.07) is 9.19. The number of hydrogen-bond donors (Lipinski definition) is 1. The minimum Gasteiger partial charge on any atom is -0.314 e. The summed E-state index contributed by atoms with van der Waals surface area (Å²) in [5.74, 6) is 3.26. The molecule has 0 saturated heterocycles. The molecule has 0 radical (unpaired) electrons. The fraction of sp³-hybridized carbons (Fsp3) is 0.647. The van der Waals surface area contributed by atoms with Gasteiger partial charge in [-0.2, -0.15) is 11.8 Å². The number of hydrogen-bond acceptors (Lipinski definition) is 2. The van der Waals surface area contributed by atoms with E-state index in [0.29, 0.717) is 6.04 Å². The van der Waals surface area contributed by atoms with Crippen LogP contribution in [0.1, 0.15) is 39.2 Å². The number of halogens is 1. The van der Waals surface area contributed by atoms with E-state index in [9.17, 15) is 0 Å². The van der Waals surface area contributed by atoms with Crippen molar-refractivity contribution in [3.05, 3.63) is 34.3 Å². The van der Waals surface area contributed by atoms with Gasteiger partial charge >= 0.3 is 0 Å². The molecule has 1 unspecified atom stereocenters. The molecule has 114 valence electrons. The molecule has 1 aromatic rings. The summed E-state index contributed by atoms with van der Waals surface area (Å²) < 4.78 is 1.25. The largest absolute Gasteiger partial charge is 0.314 e. The molecule has 0 aliphatic heterocycles. The van der Waals surface area contributed by atoms with Gasteiger partial charge in [0.15, 0.2) is 0 Å². The zero-order valence-corrected chi connectivity index (χ0v) is 15.4. The van der Waals surface area contributed by atoms with Crippen molar-refractivity contribution in [3.63, 3.8) is 0 Å². The maximum absolute atomic E-state index is 3.67. The van der Waals surface area contributed by atoms with E-state index < -0.39 is 0 Å². The van der Waals surface area contributed by atoms with Crippen molar-refractivity contribution in [2.45, 2.75) is 46.1 Å². The molecule has 0 amide bonds. The van der Waals surface area contributed by atoms with Crippen LogP contribution in [0.2, 0.25) is 0 Å². The van der Waals surface area contributed by atoms with E-state index in [2.05, 4.69) is 78.0 Å². The highest BCUT2D eigenvalue weighted by Gasteiger charge is 2.12. The molecule has 1 nitrogen and oxygen atoms in total. The van der Waals surface area contributed by atoms with Crippen LogP contribution in [0, 0.1) is 5.92 Å². The van der Waals surface area contributed by atoms with Crippen molar-refractivity contribution in [1.29, 1.82) is 0 Å². The van der Waals surface area contributed by atoms with Gasteiger partial charge in [0.05, 0.1) is 0 Å². The standard InChI is InChI=1S/C17H28BrNS/c1-4-20-11-7-8-15(13-19-14(2)3)12-16-9-5-6-10-17(16)18/h5-6,9-10,14-15,19H,4,7-8,11-13H2,1-3H3. The Hall–Kier alpha value is 0.01000. The predicted molar refractivity (Wildman–Crippen MR) is 96.7 cm³/mol. The fourth-order valence-corrected chi connectivity index (χ4v) is 3.38. The lowest BCUT2D eigenvalue weighted by molar-refractivity contribution is 0.419. The maximum Gasteiger partial charge on any atom is 0.0207 e. The summed E-state index contributed by atoms with van der Waals surface area (Å²) in [6.45, 7) is 7.81. The van der Waals surface area contributed by atoms with Gasteiger partial charge in [-0.05, 0) is 54.9 Å². The molecule has 0 bridgehead atoms. The van der Waals surface area contributed by atoms with E-state index in [0.717, 1.165) is 18.9 Å². The van der Waals surface area contributed by atoms with E-state index in [-0.39, 0.29) is 0 Å². The molecule has 1 rings (SSSR count). The molecule has 0 saturated carbocycles. The Balaban J connectivity index is 2.50. The summed E-state index contributed by atoms with van der Waals surface area (Å²) in [5, 5.41) is 3.60. The van der Waals surface area contributed by atoms with Gasteiger partial charge in [-0.25, -0.2) is 0 Å². The average molecular weight is 358 g/mol. The van der Waals surface area contributed by atoms with Crippen molar-refractivity contribution in [3.8, 4) is 0 Å². The van der Waals surface area contributed by atoms with Crippen molar-refractivity contribution < 1.29 is 0 Å². The van der Waals surface area contributed by atoms with Gasteiger partial charge in [-0.1, -0.05) is 54.9 Å². The van der Waals surface area contributed by atoms with Gasteiger partial charge in [0, 0.05) is 10.5 Å². The summed E-state index contributed by atoms with van der Waals surface area (Å²) in [4.78, 5) is 0. The average Bonchev–Trinajstić information content (AvgIpc) is 2.42. The summed E-state index contributed by atoms with van der Waals surface area (Å²) >= 11 is 5.73. The van der Waals surface area contributed by atoms with Crippen LogP contribution in [-0.4, -0.2) is 24.1 Å². The summed E-state index contributed by atoms with van der Waals surface area (Å²) in [7, 11) is 0. The molecule has 0 fully saturated rings. The second-order valence-corrected chi connectivity index (χ2v) is 7.81. The van der Waals surface area contributed by atoms with Gasteiger partial charge in [0.2, 0.25) is 0 Å². The Morgan fingerprint density at radius 1 is 1.25 bits per heavy atom. The SMILES string of the molecule is CCSCCCC(CNC(C)C)Cc1ccccc1Br. The molecule has 1 N–H and O–H groups in total. The van der Waals surface area contributed by atoms with Crippen molar-refractivity contribution in [2.75, 3.05) is 18.1 Å². The number of nitrogens with one attached hydrogen (secondary N) is 1. The van der Waals surface area contributed by atoms with Crippen LogP contribution in [0.25, 0.3) is 0 Å². The van der Waals surface area contributed by atoms with Crippen molar-refractivity contribution in [1.82, 2.24) is 5.32 Å². The van der Waals surface area contributed by atoms with Crippen LogP contribution in [0.4, 0.5) is 0 Å². The number of benzene rings is 1. The fourth-order valence-electron chi connectivity index (χ4n) is 2.27. The highest BCUT2D eigenvalue weighted by molar-refractivity contribution is 9.10. The topological polar surface area (TPSA) is 12.0 Å². The Morgan fingerprint density at radius 3 is 2.65 bits per heavy atom. The van der Waals surface area contributed by atoms with Gasteiger partial charge in [-0.15, -0.1) is 0 Å². The van der Waals surface area contributed by atoms with Crippen LogP contribution in [0.3, 0.4) is 0 Å². The van der Waals surface area contributed by atoms with Crippen LogP contribution < -0.4 is 5.32 Å². The first kappa shape index (κ1) is 18.1. The minimum atomic E-state index is 0.571. The number of thioether (sulfide) groups is 1. The molecule has 20 heavy (non-hydrogen) atoms. The second kappa shape index (κ2) is 10.7. The first-order valence-corrected chi connectivity index (χ1v) is 9.62. The van der Waals surface area contributed by atoms with Crippen molar-refractivity contribution >= 4 is 27.7 Å². The van der Waals surface area contributed by atoms with Gasteiger partial charge in [0.25, 0.3) is 0 Å². The third kappa shape index (κ3) is 7.70. The molecule has 0 heterocycles. The summed E-state index contributed by atoms with van der Waals surface area (Å²) in [6.07, 6.45) is 3.80. The first-order chi connectivity index (χ1) is 9.63. The molecule has 1 aromatic carbocycles. The van der Waals surface area contributed by atoms with Crippen LogP contribution >= 0.6 is 27.7 Å². The Kier molecular flexibility index (Phi) is 9.66. The Labute approximate surface area is 137 Å². The molecule has 0 aromatic heterocycles. The molecular weight excluding hydrogens is 330 g/mol. The minimum absolute atomic E-state index is 0.571. The second-order valence-electron chi connectivity index (χ2n) is 5.56. The molecule has 0 aliphatic carbocycles. The lowest BCUT2D eigenvalue weighted by Crippen LogP contribution is -2.30. The van der Waals surface area contributed by atoms with E-state index in [1.165, 1.54) is 34.4 Å². The Morgan fingerprint density at radius 2 is 2.00 bits per heavy atom. The van der Waals surface area contributed by atoms with E-state index >= 15 is 0 Å². The normalized spacial score (nSPS) is 12.8. The smallest absolute Gasteiger partial charge is 0.0207 e. The molecule has 0 spiro atoms. The first-order valence-electron chi connectivity index (χ1n) is 7.68. The highest BCUT2D eigenvalue weighted by atomic mass is 79.9. The molecular formula is C17H28BrNS. The van der Waals surface area contributed by atoms with Crippen molar-refractivity contribution in [2.24, 2.45) is 5.92 Å². The van der Waals surface area contributed by atoms with Crippen LogP contribution in [0.15, 0.2) is 28.7 Å². The lowest BCUT2D eigenvalue weighted by atomic mass is 9.94. The van der Waals surface area contributed by atoms with E-state index in [4.69, 9.17) is 0 Å². The van der Waals surface area contributed by atoms with Crippen LogP contribution in [-0.2, 0) is 6.42 Å². The van der Waals surface area contributed by atoms with Gasteiger partial charge in [0.1, 0.15) is 0 Å². The number of rotatable bonds is 10. The van der Waals surface area contributed by atoms with E-state index in [1.807, 2.05) is 0 Å². The van der Waals surface area contributed by atoms with Gasteiger partial charge in [-0.3, -0.25) is 0 Å². The highest BCUT2D eigenvalue weighted by Crippen LogP contribution is 2.22. The zero-order chi connectivity index (χ0) is 14.8. The Bertz CT molecular complexity index is 368. The molecule has 0 aliphatic rings. The van der Waals surface area contributed by atoms with E-state index in [1.54, 1.807) is 0 Å².